The van der Waals surface area contributed by atoms with Crippen LogP contribution in [0.4, 0.5) is 0 Å². The smallest absolute Gasteiger partial charge is 0.346 e. The predicted octanol–water partition coefficient (Wildman–Crippen LogP) is 2.00. The molecule has 0 bridgehead atoms. The molecule has 0 heterocycles. The summed E-state index contributed by atoms with van der Waals surface area (Å²) in [6.07, 6.45) is -1.17. The molecule has 2 rings (SSSR count). The summed E-state index contributed by atoms with van der Waals surface area (Å²) in [6.45, 7) is 1.28. The molecule has 0 aliphatic rings. The average molecular weight is 288 g/mol. The van der Waals surface area contributed by atoms with Gasteiger partial charge >= 0.3 is 11.9 Å². The Morgan fingerprint density at radius 2 is 1.10 bits per heavy atom. The zero-order chi connectivity index (χ0) is 15.7. The van der Waals surface area contributed by atoms with Crippen molar-refractivity contribution in [3.05, 3.63) is 71.8 Å². The van der Waals surface area contributed by atoms with E-state index in [9.17, 15) is 9.59 Å². The molecule has 2 aromatic carbocycles. The number of esters is 2. The van der Waals surface area contributed by atoms with Crippen molar-refractivity contribution in [3.63, 3.8) is 0 Å². The first-order valence-electron chi connectivity index (χ1n) is 6.23. The van der Waals surface area contributed by atoms with Crippen LogP contribution in [0.25, 0.3) is 0 Å². The van der Waals surface area contributed by atoms with Crippen molar-refractivity contribution < 1.29 is 24.5 Å². The van der Waals surface area contributed by atoms with Crippen molar-refractivity contribution in [2.75, 3.05) is 0 Å². The fourth-order valence-corrected chi connectivity index (χ4v) is 1.35. The summed E-state index contributed by atoms with van der Waals surface area (Å²) in [5.41, 5.74) is 0.716. The number of ether oxygens (including phenoxy) is 1. The second kappa shape index (κ2) is 8.63. The molecule has 0 atom stereocenters. The Morgan fingerprint density at radius 1 is 0.810 bits per heavy atom. The van der Waals surface area contributed by atoms with Gasteiger partial charge in [0.25, 0.3) is 0 Å². The van der Waals surface area contributed by atoms with E-state index in [2.05, 4.69) is 0 Å². The largest absolute Gasteiger partial charge is 0.386 e. The maximum Gasteiger partial charge on any atom is 0.346 e. The second-order valence-corrected chi connectivity index (χ2v) is 4.04. The average Bonchev–Trinajstić information content (AvgIpc) is 2.48. The topological polar surface area (TPSA) is 83.8 Å². The Bertz CT molecular complexity index is 511. The molecule has 110 valence electrons. The monoisotopic (exact) mass is 288 g/mol. The van der Waals surface area contributed by atoms with Gasteiger partial charge in [0.05, 0.1) is 11.1 Å². The summed E-state index contributed by atoms with van der Waals surface area (Å²) in [5, 5.41) is 15.2. The standard InChI is InChI=1S/C14H10O3.C2H6O2/c15-13(11-7-3-1-4-8-11)17-14(16)12-9-5-2-6-10-12;1-2(3)4/h1-10H;2-4H,1H3. The normalized spacial score (nSPS) is 9.52. The molecule has 0 aliphatic heterocycles. The SMILES string of the molecule is CC(O)O.O=C(OC(=O)c1ccccc1)c1ccccc1. The van der Waals surface area contributed by atoms with Crippen LogP contribution in [-0.2, 0) is 4.74 Å². The molecule has 21 heavy (non-hydrogen) atoms. The molecule has 0 fully saturated rings. The van der Waals surface area contributed by atoms with E-state index in [1.54, 1.807) is 60.7 Å². The van der Waals surface area contributed by atoms with E-state index >= 15 is 0 Å². The molecule has 5 nitrogen and oxygen atoms in total. The number of carbonyl (C=O) groups excluding carboxylic acids is 2. The van der Waals surface area contributed by atoms with Crippen molar-refractivity contribution >= 4 is 11.9 Å². The summed E-state index contributed by atoms with van der Waals surface area (Å²) >= 11 is 0. The van der Waals surface area contributed by atoms with E-state index in [-0.39, 0.29) is 0 Å². The molecule has 0 radical (unpaired) electrons. The van der Waals surface area contributed by atoms with Gasteiger partial charge in [0.2, 0.25) is 0 Å². The number of hydrogen-bond donors (Lipinski definition) is 2. The summed E-state index contributed by atoms with van der Waals surface area (Å²) in [7, 11) is 0. The van der Waals surface area contributed by atoms with Crippen LogP contribution < -0.4 is 0 Å². The molecular formula is C16H16O5. The van der Waals surface area contributed by atoms with Gasteiger partial charge in [0.1, 0.15) is 6.29 Å². The quantitative estimate of drug-likeness (QED) is 0.501. The van der Waals surface area contributed by atoms with Crippen molar-refractivity contribution in [2.24, 2.45) is 0 Å². The third-order valence-electron chi connectivity index (χ3n) is 2.20. The molecule has 0 saturated carbocycles. The molecule has 0 saturated heterocycles. The number of carbonyl (C=O) groups is 2. The molecular weight excluding hydrogens is 272 g/mol. The minimum Gasteiger partial charge on any atom is -0.386 e. The van der Waals surface area contributed by atoms with Crippen LogP contribution in [0, 0.1) is 0 Å². The van der Waals surface area contributed by atoms with Crippen LogP contribution >= 0.6 is 0 Å². The number of aliphatic hydroxyl groups is 2. The lowest BCUT2D eigenvalue weighted by Crippen LogP contribution is -2.12. The lowest BCUT2D eigenvalue weighted by molar-refractivity contribution is -0.0228. The maximum absolute atomic E-state index is 11.6. The fraction of sp³-hybridized carbons (Fsp3) is 0.125. The Morgan fingerprint density at radius 3 is 1.38 bits per heavy atom. The Balaban J connectivity index is 0.000000491. The van der Waals surface area contributed by atoms with E-state index in [0.29, 0.717) is 11.1 Å². The number of rotatable bonds is 2. The van der Waals surface area contributed by atoms with Gasteiger partial charge in [0, 0.05) is 0 Å². The minimum absolute atomic E-state index is 0.358. The van der Waals surface area contributed by atoms with E-state index in [1.165, 1.54) is 6.92 Å². The molecule has 2 aromatic rings. The van der Waals surface area contributed by atoms with Gasteiger partial charge in [-0.25, -0.2) is 9.59 Å². The first-order valence-corrected chi connectivity index (χ1v) is 6.23. The highest BCUT2D eigenvalue weighted by Gasteiger charge is 2.13. The Labute approximate surface area is 122 Å². The third-order valence-corrected chi connectivity index (χ3v) is 2.20. The zero-order valence-electron chi connectivity index (χ0n) is 11.5. The van der Waals surface area contributed by atoms with Crippen molar-refractivity contribution in [1.29, 1.82) is 0 Å². The fourth-order valence-electron chi connectivity index (χ4n) is 1.35. The Hall–Kier alpha value is -2.50. The molecule has 0 aromatic heterocycles. The van der Waals surface area contributed by atoms with Crippen molar-refractivity contribution in [1.82, 2.24) is 0 Å². The van der Waals surface area contributed by atoms with Gasteiger partial charge < -0.3 is 14.9 Å². The minimum atomic E-state index is -1.17. The summed E-state index contributed by atoms with van der Waals surface area (Å²) < 4.78 is 4.74. The number of aliphatic hydroxyl groups excluding tert-OH is 1. The van der Waals surface area contributed by atoms with E-state index in [0.717, 1.165) is 0 Å². The van der Waals surface area contributed by atoms with Crippen LogP contribution in [0.15, 0.2) is 60.7 Å². The van der Waals surface area contributed by atoms with E-state index in [1.807, 2.05) is 0 Å². The Kier molecular flexibility index (Phi) is 6.80. The lowest BCUT2D eigenvalue weighted by Gasteiger charge is -2.02. The van der Waals surface area contributed by atoms with Gasteiger partial charge in [-0.1, -0.05) is 36.4 Å². The first kappa shape index (κ1) is 16.6. The van der Waals surface area contributed by atoms with E-state index < -0.39 is 18.2 Å². The highest BCUT2D eigenvalue weighted by atomic mass is 16.6. The molecule has 0 spiro atoms. The number of benzene rings is 2. The van der Waals surface area contributed by atoms with E-state index in [4.69, 9.17) is 14.9 Å². The second-order valence-electron chi connectivity index (χ2n) is 4.04. The molecule has 0 aliphatic carbocycles. The van der Waals surface area contributed by atoms with Crippen molar-refractivity contribution in [2.45, 2.75) is 13.2 Å². The van der Waals surface area contributed by atoms with Crippen LogP contribution in [-0.4, -0.2) is 28.4 Å². The highest BCUT2D eigenvalue weighted by molar-refractivity contribution is 6.02. The van der Waals surface area contributed by atoms with Crippen LogP contribution in [0.5, 0.6) is 0 Å². The maximum atomic E-state index is 11.6. The van der Waals surface area contributed by atoms with Gasteiger partial charge in [-0.15, -0.1) is 0 Å². The van der Waals surface area contributed by atoms with Crippen LogP contribution in [0.2, 0.25) is 0 Å². The summed E-state index contributed by atoms with van der Waals surface area (Å²) in [5.74, 6) is -1.28. The predicted molar refractivity (Wildman–Crippen MR) is 76.5 cm³/mol. The van der Waals surface area contributed by atoms with Crippen molar-refractivity contribution in [3.8, 4) is 0 Å². The van der Waals surface area contributed by atoms with Crippen LogP contribution in [0.3, 0.4) is 0 Å². The van der Waals surface area contributed by atoms with Crippen LogP contribution in [0.1, 0.15) is 27.6 Å². The molecule has 0 amide bonds. The van der Waals surface area contributed by atoms with Gasteiger partial charge in [-0.2, -0.15) is 0 Å². The third kappa shape index (κ3) is 6.47. The zero-order valence-corrected chi connectivity index (χ0v) is 11.5. The molecule has 5 heteroatoms. The van der Waals surface area contributed by atoms with Gasteiger partial charge in [-0.05, 0) is 31.2 Å². The van der Waals surface area contributed by atoms with Gasteiger partial charge in [-0.3, -0.25) is 0 Å². The first-order chi connectivity index (χ1) is 10.0. The summed E-state index contributed by atoms with van der Waals surface area (Å²) in [6, 6.07) is 16.8. The van der Waals surface area contributed by atoms with Gasteiger partial charge in [0.15, 0.2) is 0 Å². The lowest BCUT2D eigenvalue weighted by atomic mass is 10.2. The molecule has 2 N–H and O–H groups in total. The summed E-state index contributed by atoms with van der Waals surface area (Å²) in [4.78, 5) is 23.2. The highest BCUT2D eigenvalue weighted by Crippen LogP contribution is 2.05. The number of hydrogen-bond acceptors (Lipinski definition) is 5. The molecule has 0 unspecified atom stereocenters.